The quantitative estimate of drug-likeness (QED) is 0.451. The van der Waals surface area contributed by atoms with Crippen LogP contribution >= 0.6 is 11.6 Å². The number of aromatic hydroxyl groups is 1. The van der Waals surface area contributed by atoms with Crippen molar-refractivity contribution in [2.45, 2.75) is 0 Å². The average molecular weight is 337 g/mol. The first-order valence-corrected chi connectivity index (χ1v) is 7.34. The minimum Gasteiger partial charge on any atom is -0.505 e. The topological polar surface area (TPSA) is 144 Å². The van der Waals surface area contributed by atoms with Gasteiger partial charge >= 0.3 is 20.6 Å². The number of hydrogen-bond donors (Lipinski definition) is 4. The van der Waals surface area contributed by atoms with E-state index >= 15 is 0 Å². The van der Waals surface area contributed by atoms with Crippen LogP contribution in [0.3, 0.4) is 0 Å². The maximum absolute atomic E-state index is 12.9. The van der Waals surface area contributed by atoms with Gasteiger partial charge in [0.05, 0.1) is 10.7 Å². The second-order valence-corrected chi connectivity index (χ2v) is 5.86. The maximum Gasteiger partial charge on any atom is 0.374 e. The predicted octanol–water partition coefficient (Wildman–Crippen LogP) is 0.101. The fourth-order valence-electron chi connectivity index (χ4n) is 1.01. The Labute approximate surface area is 112 Å². The van der Waals surface area contributed by atoms with Crippen molar-refractivity contribution in [2.75, 3.05) is 4.41 Å². The van der Waals surface area contributed by atoms with Gasteiger partial charge in [0, 0.05) is 6.07 Å². The maximum atomic E-state index is 12.9. The van der Waals surface area contributed by atoms with Gasteiger partial charge in [0.2, 0.25) is 0 Å². The Bertz CT molecular complexity index is 705. The van der Waals surface area contributed by atoms with Gasteiger partial charge in [0.25, 0.3) is 0 Å². The van der Waals surface area contributed by atoms with Crippen molar-refractivity contribution in [3.05, 3.63) is 23.0 Å². The third kappa shape index (κ3) is 4.15. The standard InChI is InChI=1S/C6H6ClFN2O7S2/c7-3-1-4(8)6(11)2-5(3)10(19(15,16)17)9-18(12,13)14/h1-2,9,11H,(H,12,13,14)(H,15,16,17). The molecule has 0 saturated heterocycles. The lowest BCUT2D eigenvalue weighted by Gasteiger charge is -2.20. The average Bonchev–Trinajstić information content (AvgIpc) is 2.17. The molecule has 0 heterocycles. The third-order valence-corrected chi connectivity index (χ3v) is 3.25. The highest BCUT2D eigenvalue weighted by molar-refractivity contribution is 7.89. The van der Waals surface area contributed by atoms with Crippen LogP contribution in [0.15, 0.2) is 12.1 Å². The molecule has 0 fully saturated rings. The first kappa shape index (κ1) is 15.9. The first-order chi connectivity index (χ1) is 8.42. The van der Waals surface area contributed by atoms with Crippen LogP contribution in [-0.2, 0) is 20.6 Å². The highest BCUT2D eigenvalue weighted by atomic mass is 35.5. The first-order valence-electron chi connectivity index (χ1n) is 4.12. The van der Waals surface area contributed by atoms with E-state index in [2.05, 4.69) is 0 Å². The molecule has 1 aromatic carbocycles. The monoisotopic (exact) mass is 336 g/mol. The molecule has 0 amide bonds. The summed E-state index contributed by atoms with van der Waals surface area (Å²) < 4.78 is 72.8. The van der Waals surface area contributed by atoms with Gasteiger partial charge in [-0.15, -0.1) is 0 Å². The number of hydrazine groups is 1. The van der Waals surface area contributed by atoms with Crippen molar-refractivity contribution in [1.29, 1.82) is 0 Å². The molecule has 0 radical (unpaired) electrons. The zero-order chi connectivity index (χ0) is 15.0. The summed E-state index contributed by atoms with van der Waals surface area (Å²) in [5, 5.41) is 8.40. The third-order valence-electron chi connectivity index (χ3n) is 1.66. The van der Waals surface area contributed by atoms with Crippen LogP contribution in [0.2, 0.25) is 5.02 Å². The van der Waals surface area contributed by atoms with E-state index in [4.69, 9.17) is 25.8 Å². The summed E-state index contributed by atoms with van der Waals surface area (Å²) >= 11 is 5.45. The van der Waals surface area contributed by atoms with Crippen LogP contribution in [0, 0.1) is 5.82 Å². The van der Waals surface area contributed by atoms with Gasteiger partial charge in [0.1, 0.15) is 0 Å². The summed E-state index contributed by atoms with van der Waals surface area (Å²) in [7, 11) is -10.3. The number of anilines is 1. The van der Waals surface area contributed by atoms with Crippen LogP contribution in [-0.4, -0.2) is 31.0 Å². The fraction of sp³-hybridized carbons (Fsp3) is 0. The van der Waals surface area contributed by atoms with Crippen LogP contribution in [0.5, 0.6) is 5.75 Å². The van der Waals surface area contributed by atoms with Crippen LogP contribution in [0.25, 0.3) is 0 Å². The van der Waals surface area contributed by atoms with E-state index in [0.717, 1.165) is 4.83 Å². The SMILES string of the molecule is O=S(=O)(O)NN(c1cc(O)c(F)cc1Cl)S(=O)(=O)O. The smallest absolute Gasteiger partial charge is 0.374 e. The van der Waals surface area contributed by atoms with E-state index in [0.29, 0.717) is 12.1 Å². The molecular formula is C6H6ClFN2O7S2. The molecule has 0 atom stereocenters. The number of phenolic OH excluding ortho intramolecular Hbond substituents is 1. The number of halogens is 2. The molecule has 4 N–H and O–H groups in total. The Morgan fingerprint density at radius 1 is 1.21 bits per heavy atom. The molecule has 0 saturated carbocycles. The fourth-order valence-corrected chi connectivity index (χ4v) is 2.66. The van der Waals surface area contributed by atoms with E-state index < -0.39 is 47.3 Å². The van der Waals surface area contributed by atoms with E-state index in [1.54, 1.807) is 0 Å². The minimum atomic E-state index is -5.24. The number of hydrogen-bond acceptors (Lipinski definition) is 5. The molecule has 108 valence electrons. The number of rotatable bonds is 4. The van der Waals surface area contributed by atoms with Crippen LogP contribution < -0.4 is 9.25 Å². The molecule has 0 aliphatic heterocycles. The summed E-state index contributed by atoms with van der Waals surface area (Å²) in [6.07, 6.45) is 0. The molecule has 1 aromatic rings. The van der Waals surface area contributed by atoms with Crippen molar-refractivity contribution < 1.29 is 35.4 Å². The molecular weight excluding hydrogens is 331 g/mol. The number of phenols is 1. The highest BCUT2D eigenvalue weighted by Gasteiger charge is 2.27. The zero-order valence-electron chi connectivity index (χ0n) is 8.65. The lowest BCUT2D eigenvalue weighted by atomic mass is 10.3. The summed E-state index contributed by atoms with van der Waals surface area (Å²) in [6.45, 7) is 0. The summed E-state index contributed by atoms with van der Waals surface area (Å²) in [4.78, 5) is 1.01. The van der Waals surface area contributed by atoms with Gasteiger partial charge in [-0.3, -0.25) is 9.11 Å². The zero-order valence-corrected chi connectivity index (χ0v) is 11.0. The predicted molar refractivity (Wildman–Crippen MR) is 61.8 cm³/mol. The minimum absolute atomic E-state index is 0.420. The Morgan fingerprint density at radius 2 is 1.74 bits per heavy atom. The van der Waals surface area contributed by atoms with E-state index in [1.165, 1.54) is 0 Å². The largest absolute Gasteiger partial charge is 0.505 e. The van der Waals surface area contributed by atoms with Crippen molar-refractivity contribution >= 4 is 37.9 Å². The summed E-state index contributed by atoms with van der Waals surface area (Å²) in [5.41, 5.74) is -0.833. The Hall–Kier alpha value is -1.18. The molecule has 0 unspecified atom stereocenters. The molecule has 9 nitrogen and oxygen atoms in total. The molecule has 0 bridgehead atoms. The lowest BCUT2D eigenvalue weighted by Crippen LogP contribution is -2.46. The Morgan fingerprint density at radius 3 is 2.16 bits per heavy atom. The molecule has 1 rings (SSSR count). The molecule has 19 heavy (non-hydrogen) atoms. The lowest BCUT2D eigenvalue weighted by molar-refractivity contribution is 0.431. The summed E-state index contributed by atoms with van der Waals surface area (Å²) in [5.74, 6) is -2.28. The van der Waals surface area contributed by atoms with Gasteiger partial charge in [0.15, 0.2) is 11.6 Å². The van der Waals surface area contributed by atoms with E-state index in [9.17, 15) is 21.2 Å². The van der Waals surface area contributed by atoms with Crippen LogP contribution in [0.4, 0.5) is 10.1 Å². The van der Waals surface area contributed by atoms with Gasteiger partial charge in [-0.1, -0.05) is 16.4 Å². The number of benzene rings is 1. The van der Waals surface area contributed by atoms with Gasteiger partial charge in [-0.05, 0) is 6.07 Å². The molecule has 0 spiro atoms. The van der Waals surface area contributed by atoms with E-state index in [1.807, 2.05) is 0 Å². The Kier molecular flexibility index (Phi) is 4.23. The van der Waals surface area contributed by atoms with Crippen LogP contribution in [0.1, 0.15) is 0 Å². The van der Waals surface area contributed by atoms with Crippen molar-refractivity contribution in [2.24, 2.45) is 0 Å². The highest BCUT2D eigenvalue weighted by Crippen LogP contribution is 2.32. The Balaban J connectivity index is 3.47. The van der Waals surface area contributed by atoms with Crippen molar-refractivity contribution in [3.8, 4) is 5.75 Å². The van der Waals surface area contributed by atoms with Crippen molar-refractivity contribution in [3.63, 3.8) is 0 Å². The normalized spacial score (nSPS) is 12.4. The van der Waals surface area contributed by atoms with E-state index in [-0.39, 0.29) is 0 Å². The number of nitrogens with one attached hydrogen (secondary N) is 1. The van der Waals surface area contributed by atoms with Gasteiger partial charge < -0.3 is 5.11 Å². The summed E-state index contributed by atoms with van der Waals surface area (Å²) in [6, 6.07) is 0.889. The van der Waals surface area contributed by atoms with Crippen molar-refractivity contribution in [1.82, 2.24) is 4.83 Å². The van der Waals surface area contributed by atoms with Gasteiger partial charge in [-0.25, -0.2) is 4.39 Å². The second kappa shape index (κ2) is 5.07. The molecule has 13 heteroatoms. The molecule has 0 aliphatic carbocycles. The molecule has 0 aromatic heterocycles. The second-order valence-electron chi connectivity index (χ2n) is 3.06. The van der Waals surface area contributed by atoms with Gasteiger partial charge in [-0.2, -0.15) is 21.2 Å². The molecule has 0 aliphatic rings. The number of nitrogens with zero attached hydrogens (tertiary/aromatic N) is 1.